The number of nitrogens with one attached hydrogen (secondary N) is 1. The molecule has 0 saturated carbocycles. The maximum Gasteiger partial charge on any atom is 0.245 e. The van der Waals surface area contributed by atoms with Gasteiger partial charge >= 0.3 is 0 Å². The summed E-state index contributed by atoms with van der Waals surface area (Å²) in [7, 11) is 0. The van der Waals surface area contributed by atoms with E-state index in [9.17, 15) is 5.11 Å². The molecule has 2 atom stereocenters. The van der Waals surface area contributed by atoms with E-state index < -0.39 is 0 Å². The molecule has 158 valence electrons. The van der Waals surface area contributed by atoms with Gasteiger partial charge in [0.05, 0.1) is 17.4 Å². The molecule has 31 heavy (non-hydrogen) atoms. The van der Waals surface area contributed by atoms with E-state index in [0.717, 1.165) is 35.4 Å². The Hall–Kier alpha value is -3.59. The minimum Gasteiger partial charge on any atom is -0.507 e. The molecule has 2 unspecified atom stereocenters. The molecule has 2 N–H and O–H groups in total. The molecule has 1 fully saturated rings. The SMILES string of the molecule is Cc1nnn2cc(-c3ccc(-c4cnc(N5CC(C)NC(C)C5)nn4)c(O)c3)ccc12. The average Bonchev–Trinajstić information content (AvgIpc) is 3.13. The van der Waals surface area contributed by atoms with Gasteiger partial charge in [0.1, 0.15) is 11.4 Å². The monoisotopic (exact) mass is 416 g/mol. The summed E-state index contributed by atoms with van der Waals surface area (Å²) in [5, 5.41) is 31.0. The maximum atomic E-state index is 10.7. The summed E-state index contributed by atoms with van der Waals surface area (Å²) < 4.78 is 1.74. The highest BCUT2D eigenvalue weighted by molar-refractivity contribution is 5.74. The predicted molar refractivity (Wildman–Crippen MR) is 118 cm³/mol. The lowest BCUT2D eigenvalue weighted by atomic mass is 10.0. The first-order valence-corrected chi connectivity index (χ1v) is 10.3. The lowest BCUT2D eigenvalue weighted by Crippen LogP contribution is -2.54. The average molecular weight is 416 g/mol. The zero-order chi connectivity index (χ0) is 21.5. The Balaban J connectivity index is 1.40. The number of piperazine rings is 1. The van der Waals surface area contributed by atoms with E-state index in [1.54, 1.807) is 16.8 Å². The van der Waals surface area contributed by atoms with Crippen molar-refractivity contribution >= 4 is 11.5 Å². The van der Waals surface area contributed by atoms with E-state index >= 15 is 0 Å². The molecular formula is C22H24N8O. The molecule has 4 heterocycles. The van der Waals surface area contributed by atoms with Gasteiger partial charge in [0.25, 0.3) is 0 Å². The van der Waals surface area contributed by atoms with Gasteiger partial charge in [0.2, 0.25) is 5.95 Å². The summed E-state index contributed by atoms with van der Waals surface area (Å²) in [4.78, 5) is 6.63. The van der Waals surface area contributed by atoms with Crippen LogP contribution in [0.15, 0.2) is 42.7 Å². The number of hydrogen-bond donors (Lipinski definition) is 2. The molecule has 0 radical (unpaired) electrons. The molecule has 1 aliphatic rings. The van der Waals surface area contributed by atoms with Crippen molar-refractivity contribution in [1.82, 2.24) is 35.3 Å². The highest BCUT2D eigenvalue weighted by Crippen LogP contribution is 2.32. The number of rotatable bonds is 3. The van der Waals surface area contributed by atoms with Crippen LogP contribution in [0.25, 0.3) is 27.9 Å². The zero-order valence-corrected chi connectivity index (χ0v) is 17.7. The highest BCUT2D eigenvalue weighted by atomic mass is 16.3. The van der Waals surface area contributed by atoms with Gasteiger partial charge in [-0.3, -0.25) is 0 Å². The van der Waals surface area contributed by atoms with Crippen LogP contribution in [-0.4, -0.2) is 60.3 Å². The van der Waals surface area contributed by atoms with Gasteiger partial charge in [-0.05, 0) is 44.5 Å². The maximum absolute atomic E-state index is 10.7. The van der Waals surface area contributed by atoms with Crippen molar-refractivity contribution < 1.29 is 5.11 Å². The molecule has 4 aromatic rings. The van der Waals surface area contributed by atoms with Crippen LogP contribution in [0.2, 0.25) is 0 Å². The summed E-state index contributed by atoms with van der Waals surface area (Å²) in [5.41, 5.74) is 4.77. The van der Waals surface area contributed by atoms with Crippen molar-refractivity contribution in [1.29, 1.82) is 0 Å². The molecule has 0 spiro atoms. The summed E-state index contributed by atoms with van der Waals surface area (Å²) in [6, 6.07) is 10.2. The predicted octanol–water partition coefficient (Wildman–Crippen LogP) is 2.45. The molecule has 0 bridgehead atoms. The molecule has 1 aliphatic heterocycles. The summed E-state index contributed by atoms with van der Waals surface area (Å²) >= 11 is 0. The molecule has 5 rings (SSSR count). The Labute approximate surface area is 179 Å². The second kappa shape index (κ2) is 7.59. The number of aromatic hydroxyl groups is 1. The fourth-order valence-corrected chi connectivity index (χ4v) is 4.14. The highest BCUT2D eigenvalue weighted by Gasteiger charge is 2.23. The number of fused-ring (bicyclic) bond motifs is 1. The largest absolute Gasteiger partial charge is 0.507 e. The molecule has 3 aromatic heterocycles. The van der Waals surface area contributed by atoms with Crippen LogP contribution in [0.4, 0.5) is 5.95 Å². The third kappa shape index (κ3) is 3.68. The summed E-state index contributed by atoms with van der Waals surface area (Å²) in [6.07, 6.45) is 3.56. The molecule has 9 heteroatoms. The molecule has 1 saturated heterocycles. The van der Waals surface area contributed by atoms with Gasteiger partial charge < -0.3 is 15.3 Å². The van der Waals surface area contributed by atoms with Crippen molar-refractivity contribution in [2.75, 3.05) is 18.0 Å². The minimum absolute atomic E-state index is 0.126. The number of phenolic OH excluding ortho intramolecular Hbond substituents is 1. The first-order valence-electron chi connectivity index (χ1n) is 10.3. The second-order valence-electron chi connectivity index (χ2n) is 8.17. The van der Waals surface area contributed by atoms with Gasteiger partial charge in [0, 0.05) is 42.5 Å². The van der Waals surface area contributed by atoms with Crippen molar-refractivity contribution in [3.05, 3.63) is 48.4 Å². The van der Waals surface area contributed by atoms with E-state index in [1.165, 1.54) is 0 Å². The Morgan fingerprint density at radius 1 is 1.00 bits per heavy atom. The third-order valence-electron chi connectivity index (χ3n) is 5.59. The fraction of sp³-hybridized carbons (Fsp3) is 0.318. The van der Waals surface area contributed by atoms with Crippen molar-refractivity contribution in [3.63, 3.8) is 0 Å². The van der Waals surface area contributed by atoms with Gasteiger partial charge in [-0.2, -0.15) is 0 Å². The topological polar surface area (TPSA) is 104 Å². The number of anilines is 1. The lowest BCUT2D eigenvalue weighted by molar-refractivity contribution is 0.402. The minimum atomic E-state index is 0.126. The number of aromatic nitrogens is 6. The van der Waals surface area contributed by atoms with Gasteiger partial charge in [-0.25, -0.2) is 9.50 Å². The first-order chi connectivity index (χ1) is 15.0. The van der Waals surface area contributed by atoms with Crippen LogP contribution in [-0.2, 0) is 0 Å². The lowest BCUT2D eigenvalue weighted by Gasteiger charge is -2.35. The van der Waals surface area contributed by atoms with Crippen LogP contribution in [0, 0.1) is 6.92 Å². The number of phenols is 1. The quantitative estimate of drug-likeness (QED) is 0.525. The Morgan fingerprint density at radius 3 is 2.48 bits per heavy atom. The molecule has 9 nitrogen and oxygen atoms in total. The molecule has 0 aliphatic carbocycles. The van der Waals surface area contributed by atoms with E-state index in [4.69, 9.17) is 0 Å². The molecule has 1 aromatic carbocycles. The van der Waals surface area contributed by atoms with Gasteiger partial charge in [0.15, 0.2) is 0 Å². The Kier molecular flexibility index (Phi) is 4.74. The normalized spacial score (nSPS) is 19.1. The second-order valence-corrected chi connectivity index (χ2v) is 8.17. The Bertz CT molecular complexity index is 1230. The van der Waals surface area contributed by atoms with Crippen LogP contribution >= 0.6 is 0 Å². The van der Waals surface area contributed by atoms with Crippen LogP contribution in [0.1, 0.15) is 19.5 Å². The molecular weight excluding hydrogens is 392 g/mol. The number of hydrogen-bond acceptors (Lipinski definition) is 8. The number of pyridine rings is 1. The van der Waals surface area contributed by atoms with E-state index in [0.29, 0.717) is 29.3 Å². The smallest absolute Gasteiger partial charge is 0.245 e. The summed E-state index contributed by atoms with van der Waals surface area (Å²) in [6.45, 7) is 7.88. The number of aryl methyl sites for hydroxylation is 1. The van der Waals surface area contributed by atoms with E-state index in [2.05, 4.69) is 49.6 Å². The number of nitrogens with zero attached hydrogens (tertiary/aromatic N) is 7. The van der Waals surface area contributed by atoms with Crippen LogP contribution < -0.4 is 10.2 Å². The van der Waals surface area contributed by atoms with Gasteiger partial charge in [-0.15, -0.1) is 15.3 Å². The van der Waals surface area contributed by atoms with Crippen LogP contribution in [0.3, 0.4) is 0 Å². The van der Waals surface area contributed by atoms with Gasteiger partial charge in [-0.1, -0.05) is 17.3 Å². The number of benzene rings is 1. The standard InChI is InChI=1S/C22H24N8O/c1-13-10-29(11-14(2)24-13)22-23-9-19(26-27-22)18-6-4-16(8-21(18)31)17-5-7-20-15(3)25-28-30(20)12-17/h4-9,12-14,24,31H,10-11H2,1-3H3. The molecule has 0 amide bonds. The van der Waals surface area contributed by atoms with Crippen molar-refractivity contribution in [2.45, 2.75) is 32.9 Å². The first kappa shape index (κ1) is 19.4. The van der Waals surface area contributed by atoms with Crippen molar-refractivity contribution in [3.8, 4) is 28.1 Å². The van der Waals surface area contributed by atoms with E-state index in [-0.39, 0.29) is 5.75 Å². The van der Waals surface area contributed by atoms with Crippen molar-refractivity contribution in [2.24, 2.45) is 0 Å². The zero-order valence-electron chi connectivity index (χ0n) is 17.7. The fourth-order valence-electron chi connectivity index (χ4n) is 4.14. The Morgan fingerprint density at radius 2 is 1.77 bits per heavy atom. The van der Waals surface area contributed by atoms with Crippen LogP contribution in [0.5, 0.6) is 5.75 Å². The third-order valence-corrected chi connectivity index (χ3v) is 5.59. The van der Waals surface area contributed by atoms with E-state index in [1.807, 2.05) is 37.4 Å². The summed E-state index contributed by atoms with van der Waals surface area (Å²) in [5.74, 6) is 0.733.